The standard InChI is InChI=1S/C15H15ClN2O3/c1-2-21-15-8-5-12(9-14(15)16)17-10-11-3-6-13(7-4-11)18(19)20/h3-9,17H,2,10H2,1H3. The van der Waals surface area contributed by atoms with E-state index in [-0.39, 0.29) is 5.69 Å². The first-order valence-electron chi connectivity index (χ1n) is 6.49. The van der Waals surface area contributed by atoms with Crippen LogP contribution in [0.25, 0.3) is 0 Å². The van der Waals surface area contributed by atoms with E-state index in [0.717, 1.165) is 11.3 Å². The molecular formula is C15H15ClN2O3. The topological polar surface area (TPSA) is 64.4 Å². The molecule has 2 aromatic carbocycles. The quantitative estimate of drug-likeness (QED) is 0.640. The lowest BCUT2D eigenvalue weighted by molar-refractivity contribution is -0.384. The number of nitrogens with one attached hydrogen (secondary N) is 1. The number of hydrogen-bond donors (Lipinski definition) is 1. The highest BCUT2D eigenvalue weighted by Gasteiger charge is 2.05. The molecule has 0 aromatic heterocycles. The van der Waals surface area contributed by atoms with Crippen LogP contribution < -0.4 is 10.1 Å². The second-order valence-electron chi connectivity index (χ2n) is 4.36. The maximum atomic E-state index is 10.6. The molecule has 0 heterocycles. The number of ether oxygens (including phenoxy) is 1. The fourth-order valence-electron chi connectivity index (χ4n) is 1.82. The molecule has 110 valence electrons. The van der Waals surface area contributed by atoms with Gasteiger partial charge in [0.05, 0.1) is 16.6 Å². The zero-order valence-electron chi connectivity index (χ0n) is 11.5. The number of hydrogen-bond acceptors (Lipinski definition) is 4. The second kappa shape index (κ2) is 6.95. The van der Waals surface area contributed by atoms with Crippen LogP contribution in [0.5, 0.6) is 5.75 Å². The number of nitro groups is 1. The van der Waals surface area contributed by atoms with Crippen LogP contribution in [-0.4, -0.2) is 11.5 Å². The molecule has 0 aliphatic rings. The predicted octanol–water partition coefficient (Wildman–Crippen LogP) is 4.26. The van der Waals surface area contributed by atoms with E-state index in [1.165, 1.54) is 12.1 Å². The van der Waals surface area contributed by atoms with E-state index in [9.17, 15) is 10.1 Å². The number of halogens is 1. The van der Waals surface area contributed by atoms with E-state index in [1.54, 1.807) is 18.2 Å². The van der Waals surface area contributed by atoms with Gasteiger partial charge in [-0.05, 0) is 30.7 Å². The maximum absolute atomic E-state index is 10.6. The Bertz CT molecular complexity index is 629. The molecular weight excluding hydrogens is 292 g/mol. The number of anilines is 1. The van der Waals surface area contributed by atoms with E-state index < -0.39 is 4.92 Å². The summed E-state index contributed by atoms with van der Waals surface area (Å²) >= 11 is 6.11. The molecule has 0 atom stereocenters. The Labute approximate surface area is 127 Å². The zero-order chi connectivity index (χ0) is 15.2. The summed E-state index contributed by atoms with van der Waals surface area (Å²) in [7, 11) is 0. The van der Waals surface area contributed by atoms with Crippen molar-refractivity contribution in [3.8, 4) is 5.75 Å². The van der Waals surface area contributed by atoms with Crippen LogP contribution in [0.3, 0.4) is 0 Å². The van der Waals surface area contributed by atoms with Gasteiger partial charge in [-0.15, -0.1) is 0 Å². The summed E-state index contributed by atoms with van der Waals surface area (Å²) in [4.78, 5) is 10.2. The van der Waals surface area contributed by atoms with Gasteiger partial charge in [0.15, 0.2) is 0 Å². The average molecular weight is 307 g/mol. The summed E-state index contributed by atoms with van der Waals surface area (Å²) in [6.45, 7) is 3.02. The van der Waals surface area contributed by atoms with Gasteiger partial charge >= 0.3 is 0 Å². The number of rotatable bonds is 6. The van der Waals surface area contributed by atoms with Crippen LogP contribution in [0.15, 0.2) is 42.5 Å². The van der Waals surface area contributed by atoms with Gasteiger partial charge in [-0.2, -0.15) is 0 Å². The van der Waals surface area contributed by atoms with Gasteiger partial charge in [-0.3, -0.25) is 10.1 Å². The lowest BCUT2D eigenvalue weighted by Crippen LogP contribution is -2.00. The van der Waals surface area contributed by atoms with Gasteiger partial charge in [0.25, 0.3) is 5.69 Å². The molecule has 2 rings (SSSR count). The van der Waals surface area contributed by atoms with Gasteiger partial charge < -0.3 is 10.1 Å². The third-order valence-electron chi connectivity index (χ3n) is 2.88. The number of non-ortho nitro benzene ring substituents is 1. The van der Waals surface area contributed by atoms with Crippen molar-refractivity contribution in [2.75, 3.05) is 11.9 Å². The van der Waals surface area contributed by atoms with Gasteiger partial charge in [-0.25, -0.2) is 0 Å². The van der Waals surface area contributed by atoms with E-state index in [2.05, 4.69) is 5.32 Å². The fourth-order valence-corrected chi connectivity index (χ4v) is 2.06. The molecule has 6 heteroatoms. The number of nitrogens with zero attached hydrogens (tertiary/aromatic N) is 1. The second-order valence-corrected chi connectivity index (χ2v) is 4.76. The van der Waals surface area contributed by atoms with E-state index in [4.69, 9.17) is 16.3 Å². The minimum Gasteiger partial charge on any atom is -0.492 e. The Hall–Kier alpha value is -2.27. The van der Waals surface area contributed by atoms with E-state index in [1.807, 2.05) is 19.1 Å². The molecule has 0 spiro atoms. The van der Waals surface area contributed by atoms with E-state index in [0.29, 0.717) is 23.9 Å². The van der Waals surface area contributed by atoms with Crippen LogP contribution in [-0.2, 0) is 6.54 Å². The molecule has 1 N–H and O–H groups in total. The Morgan fingerprint density at radius 1 is 1.24 bits per heavy atom. The maximum Gasteiger partial charge on any atom is 0.269 e. The summed E-state index contributed by atoms with van der Waals surface area (Å²) in [5, 5.41) is 14.3. The predicted molar refractivity (Wildman–Crippen MR) is 83.0 cm³/mol. The number of nitro benzene ring substituents is 1. The molecule has 0 fully saturated rings. The molecule has 0 aliphatic carbocycles. The van der Waals surface area contributed by atoms with Crippen molar-refractivity contribution in [2.24, 2.45) is 0 Å². The Morgan fingerprint density at radius 3 is 2.52 bits per heavy atom. The molecule has 0 unspecified atom stereocenters. The molecule has 0 amide bonds. The van der Waals surface area contributed by atoms with Crippen molar-refractivity contribution in [1.29, 1.82) is 0 Å². The Kier molecular flexibility index (Phi) is 5.00. The lowest BCUT2D eigenvalue weighted by atomic mass is 10.2. The van der Waals surface area contributed by atoms with Crippen molar-refractivity contribution in [3.05, 3.63) is 63.2 Å². The molecule has 2 aromatic rings. The highest BCUT2D eigenvalue weighted by molar-refractivity contribution is 6.32. The third-order valence-corrected chi connectivity index (χ3v) is 3.17. The Morgan fingerprint density at radius 2 is 1.95 bits per heavy atom. The smallest absolute Gasteiger partial charge is 0.269 e. The summed E-state index contributed by atoms with van der Waals surface area (Å²) in [6.07, 6.45) is 0. The van der Waals surface area contributed by atoms with Crippen LogP contribution in [0.2, 0.25) is 5.02 Å². The fraction of sp³-hybridized carbons (Fsp3) is 0.200. The molecule has 0 radical (unpaired) electrons. The molecule has 5 nitrogen and oxygen atoms in total. The molecule has 0 saturated carbocycles. The van der Waals surface area contributed by atoms with E-state index >= 15 is 0 Å². The third kappa shape index (κ3) is 4.10. The molecule has 21 heavy (non-hydrogen) atoms. The zero-order valence-corrected chi connectivity index (χ0v) is 12.3. The van der Waals surface area contributed by atoms with Crippen molar-refractivity contribution < 1.29 is 9.66 Å². The SMILES string of the molecule is CCOc1ccc(NCc2ccc([N+](=O)[O-])cc2)cc1Cl. The molecule has 0 bridgehead atoms. The molecule has 0 aliphatic heterocycles. The highest BCUT2D eigenvalue weighted by Crippen LogP contribution is 2.27. The van der Waals surface area contributed by atoms with Crippen LogP contribution >= 0.6 is 11.6 Å². The minimum absolute atomic E-state index is 0.0860. The van der Waals surface area contributed by atoms with Crippen LogP contribution in [0, 0.1) is 10.1 Å². The van der Waals surface area contributed by atoms with Crippen molar-refractivity contribution >= 4 is 23.0 Å². The normalized spacial score (nSPS) is 10.2. The molecule has 0 saturated heterocycles. The van der Waals surface area contributed by atoms with Gasteiger partial charge in [0, 0.05) is 24.4 Å². The van der Waals surface area contributed by atoms with Crippen molar-refractivity contribution in [2.45, 2.75) is 13.5 Å². The first-order chi connectivity index (χ1) is 10.1. The van der Waals surface area contributed by atoms with Crippen LogP contribution in [0.4, 0.5) is 11.4 Å². The summed E-state index contributed by atoms with van der Waals surface area (Å²) in [5.74, 6) is 0.653. The van der Waals surface area contributed by atoms with Gasteiger partial charge in [0.2, 0.25) is 0 Å². The largest absolute Gasteiger partial charge is 0.492 e. The minimum atomic E-state index is -0.413. The monoisotopic (exact) mass is 306 g/mol. The summed E-state index contributed by atoms with van der Waals surface area (Å²) in [5.41, 5.74) is 1.90. The lowest BCUT2D eigenvalue weighted by Gasteiger charge is -2.10. The average Bonchev–Trinajstić information content (AvgIpc) is 2.48. The van der Waals surface area contributed by atoms with Crippen LogP contribution in [0.1, 0.15) is 12.5 Å². The summed E-state index contributed by atoms with van der Waals surface area (Å²) in [6, 6.07) is 11.9. The first-order valence-corrected chi connectivity index (χ1v) is 6.87. The van der Waals surface area contributed by atoms with Gasteiger partial charge in [-0.1, -0.05) is 23.7 Å². The van der Waals surface area contributed by atoms with Crippen molar-refractivity contribution in [1.82, 2.24) is 0 Å². The first kappa shape index (κ1) is 15.1. The van der Waals surface area contributed by atoms with Crippen molar-refractivity contribution in [3.63, 3.8) is 0 Å². The summed E-state index contributed by atoms with van der Waals surface area (Å²) < 4.78 is 5.37. The highest BCUT2D eigenvalue weighted by atomic mass is 35.5. The Balaban J connectivity index is 1.99. The van der Waals surface area contributed by atoms with Gasteiger partial charge in [0.1, 0.15) is 5.75 Å². The number of benzene rings is 2.